The van der Waals surface area contributed by atoms with Gasteiger partial charge in [-0.3, -0.25) is 14.2 Å². The van der Waals surface area contributed by atoms with Crippen molar-refractivity contribution in [3.8, 4) is 11.3 Å². The highest BCUT2D eigenvalue weighted by molar-refractivity contribution is 7.15. The smallest absolute Gasteiger partial charge is 0.272 e. The average molecular weight is 369 g/mol. The van der Waals surface area contributed by atoms with Crippen molar-refractivity contribution in [2.75, 3.05) is 0 Å². The van der Waals surface area contributed by atoms with Crippen LogP contribution in [0.4, 0.5) is 0 Å². The molecule has 0 atom stereocenters. The highest BCUT2D eigenvalue weighted by atomic mass is 35.5. The molecule has 0 fully saturated rings. The van der Waals surface area contributed by atoms with Crippen molar-refractivity contribution in [1.29, 1.82) is 0 Å². The molecule has 0 aliphatic rings. The van der Waals surface area contributed by atoms with Crippen LogP contribution in [-0.2, 0) is 6.54 Å². The van der Waals surface area contributed by atoms with Gasteiger partial charge >= 0.3 is 0 Å². The van der Waals surface area contributed by atoms with Gasteiger partial charge in [0.15, 0.2) is 10.7 Å². The van der Waals surface area contributed by atoms with Crippen molar-refractivity contribution in [3.63, 3.8) is 0 Å². The Morgan fingerprint density at radius 2 is 1.92 bits per heavy atom. The number of pyridine rings is 1. The lowest BCUT2D eigenvalue weighted by Gasteiger charge is -2.06. The number of fused-ring (bicyclic) bond motifs is 1. The summed E-state index contributed by atoms with van der Waals surface area (Å²) in [5.41, 5.74) is 3.06. The van der Waals surface area contributed by atoms with Gasteiger partial charge in [-0.2, -0.15) is 0 Å². The number of rotatable bonds is 4. The number of aromatic nitrogens is 3. The lowest BCUT2D eigenvalue weighted by Crippen LogP contribution is -2.23. The monoisotopic (exact) mass is 368 g/mol. The van der Waals surface area contributed by atoms with Crippen LogP contribution in [0.25, 0.3) is 16.2 Å². The first-order valence-corrected chi connectivity index (χ1v) is 8.87. The van der Waals surface area contributed by atoms with E-state index in [1.165, 1.54) is 11.3 Å². The summed E-state index contributed by atoms with van der Waals surface area (Å²) in [5.74, 6) is -0.210. The predicted octanol–water partition coefficient (Wildman–Crippen LogP) is 4.04. The second-order valence-electron chi connectivity index (χ2n) is 5.41. The van der Waals surface area contributed by atoms with E-state index in [2.05, 4.69) is 15.3 Å². The second-order valence-corrected chi connectivity index (χ2v) is 6.72. The van der Waals surface area contributed by atoms with Crippen molar-refractivity contribution in [1.82, 2.24) is 19.7 Å². The van der Waals surface area contributed by atoms with E-state index >= 15 is 0 Å². The molecule has 1 amide bonds. The quantitative estimate of drug-likeness (QED) is 0.591. The molecule has 0 aliphatic carbocycles. The fourth-order valence-electron chi connectivity index (χ4n) is 2.60. The Bertz CT molecular complexity index is 1020. The largest absolute Gasteiger partial charge is 0.347 e. The topological polar surface area (TPSA) is 59.3 Å². The molecule has 0 radical (unpaired) electrons. The summed E-state index contributed by atoms with van der Waals surface area (Å²) >= 11 is 7.38. The van der Waals surface area contributed by atoms with Crippen molar-refractivity contribution >= 4 is 33.8 Å². The molecule has 4 rings (SSSR count). The zero-order valence-corrected chi connectivity index (χ0v) is 14.6. The first-order valence-electron chi connectivity index (χ1n) is 7.61. The van der Waals surface area contributed by atoms with Gasteiger partial charge in [-0.1, -0.05) is 23.7 Å². The van der Waals surface area contributed by atoms with Gasteiger partial charge in [0.25, 0.3) is 5.91 Å². The summed E-state index contributed by atoms with van der Waals surface area (Å²) in [5, 5.41) is 5.54. The molecule has 1 aromatic carbocycles. The van der Waals surface area contributed by atoms with Gasteiger partial charge in [0.1, 0.15) is 0 Å². The Morgan fingerprint density at radius 3 is 2.68 bits per heavy atom. The fraction of sp³-hybridized carbons (Fsp3) is 0.0556. The average Bonchev–Trinajstić information content (AvgIpc) is 3.22. The second kappa shape index (κ2) is 6.66. The molecule has 0 unspecified atom stereocenters. The molecule has 3 heterocycles. The maximum absolute atomic E-state index is 12.7. The van der Waals surface area contributed by atoms with Gasteiger partial charge < -0.3 is 5.32 Å². The van der Waals surface area contributed by atoms with Crippen LogP contribution in [0.1, 0.15) is 16.1 Å². The van der Waals surface area contributed by atoms with Crippen LogP contribution in [-0.4, -0.2) is 20.3 Å². The normalized spacial score (nSPS) is 10.9. The minimum Gasteiger partial charge on any atom is -0.347 e. The molecule has 3 aromatic heterocycles. The number of imidazole rings is 1. The van der Waals surface area contributed by atoms with Crippen LogP contribution in [0, 0.1) is 0 Å². The number of nitrogens with one attached hydrogen (secondary N) is 1. The highest BCUT2D eigenvalue weighted by Gasteiger charge is 2.20. The molecule has 25 heavy (non-hydrogen) atoms. The van der Waals surface area contributed by atoms with Crippen molar-refractivity contribution < 1.29 is 4.79 Å². The maximum atomic E-state index is 12.7. The van der Waals surface area contributed by atoms with Crippen LogP contribution >= 0.6 is 22.9 Å². The van der Waals surface area contributed by atoms with Gasteiger partial charge in [-0.25, -0.2) is 4.98 Å². The highest BCUT2D eigenvalue weighted by Crippen LogP contribution is 2.27. The van der Waals surface area contributed by atoms with Gasteiger partial charge in [0.05, 0.1) is 5.69 Å². The van der Waals surface area contributed by atoms with Crippen LogP contribution in [0.3, 0.4) is 0 Å². The van der Waals surface area contributed by atoms with E-state index < -0.39 is 0 Å². The molecule has 1 N–H and O–H groups in total. The Labute approximate surface area is 152 Å². The number of thiazole rings is 1. The number of carbonyl (C=O) groups is 1. The maximum Gasteiger partial charge on any atom is 0.272 e. The lowest BCUT2D eigenvalue weighted by atomic mass is 10.1. The van der Waals surface area contributed by atoms with Crippen LogP contribution < -0.4 is 5.32 Å². The van der Waals surface area contributed by atoms with E-state index in [-0.39, 0.29) is 5.91 Å². The van der Waals surface area contributed by atoms with E-state index in [9.17, 15) is 4.79 Å². The van der Waals surface area contributed by atoms with E-state index in [1.54, 1.807) is 24.5 Å². The van der Waals surface area contributed by atoms with Gasteiger partial charge in [-0.15, -0.1) is 11.3 Å². The summed E-state index contributed by atoms with van der Waals surface area (Å²) < 4.78 is 1.93. The molecule has 0 aliphatic heterocycles. The van der Waals surface area contributed by atoms with Crippen molar-refractivity contribution in [3.05, 3.63) is 76.6 Å². The zero-order valence-electron chi connectivity index (χ0n) is 13.0. The molecular formula is C18H13ClN4OS. The Kier molecular flexibility index (Phi) is 4.21. The number of halogens is 1. The van der Waals surface area contributed by atoms with Gasteiger partial charge in [-0.05, 0) is 29.8 Å². The molecule has 5 nitrogen and oxygen atoms in total. The molecule has 0 bridgehead atoms. The van der Waals surface area contributed by atoms with Gasteiger partial charge in [0.2, 0.25) is 0 Å². The molecular weight excluding hydrogens is 356 g/mol. The third kappa shape index (κ3) is 3.14. The Hall–Kier alpha value is -2.70. The van der Waals surface area contributed by atoms with E-state index in [0.29, 0.717) is 17.3 Å². The number of nitrogens with zero attached hydrogens (tertiary/aromatic N) is 3. The Morgan fingerprint density at radius 1 is 1.16 bits per heavy atom. The fourth-order valence-corrected chi connectivity index (χ4v) is 3.44. The summed E-state index contributed by atoms with van der Waals surface area (Å²) in [6.45, 7) is 0.414. The van der Waals surface area contributed by atoms with E-state index in [0.717, 1.165) is 21.8 Å². The molecule has 4 aromatic rings. The molecule has 0 saturated heterocycles. The lowest BCUT2D eigenvalue weighted by molar-refractivity contribution is 0.0947. The van der Waals surface area contributed by atoms with Crippen LogP contribution in [0.15, 0.2) is 60.4 Å². The predicted molar refractivity (Wildman–Crippen MR) is 98.9 cm³/mol. The van der Waals surface area contributed by atoms with Crippen LogP contribution in [0.5, 0.6) is 0 Å². The van der Waals surface area contributed by atoms with Gasteiger partial charge in [0, 0.05) is 41.1 Å². The zero-order chi connectivity index (χ0) is 17.2. The van der Waals surface area contributed by atoms with Crippen molar-refractivity contribution in [2.45, 2.75) is 6.54 Å². The SMILES string of the molecule is O=C(NCc1ccc(Cl)cc1)c1nc2sccn2c1-c1ccncc1. The third-order valence-corrected chi connectivity index (χ3v) is 4.81. The molecule has 0 spiro atoms. The number of hydrogen-bond acceptors (Lipinski definition) is 4. The van der Waals surface area contributed by atoms with Crippen molar-refractivity contribution in [2.24, 2.45) is 0 Å². The Balaban J connectivity index is 1.65. The van der Waals surface area contributed by atoms with E-state index in [1.807, 2.05) is 40.2 Å². The number of carbonyl (C=O) groups excluding carboxylic acids is 1. The molecule has 0 saturated carbocycles. The summed E-state index contributed by atoms with van der Waals surface area (Å²) in [6.07, 6.45) is 5.33. The minimum atomic E-state index is -0.210. The van der Waals surface area contributed by atoms with Crippen LogP contribution in [0.2, 0.25) is 5.02 Å². The minimum absolute atomic E-state index is 0.210. The standard InChI is InChI=1S/C18H13ClN4OS/c19-14-3-1-12(2-4-14)11-21-17(24)15-16(13-5-7-20-8-6-13)23-9-10-25-18(23)22-15/h1-10H,11H2,(H,21,24). The number of benzene rings is 1. The summed E-state index contributed by atoms with van der Waals surface area (Å²) in [4.78, 5) is 22.0. The third-order valence-electron chi connectivity index (χ3n) is 3.80. The first kappa shape index (κ1) is 15.8. The number of amides is 1. The molecule has 124 valence electrons. The summed E-state index contributed by atoms with van der Waals surface area (Å²) in [6, 6.07) is 11.1. The molecule has 7 heteroatoms. The van der Waals surface area contributed by atoms with E-state index in [4.69, 9.17) is 11.6 Å². The first-order chi connectivity index (χ1) is 12.2. The summed E-state index contributed by atoms with van der Waals surface area (Å²) in [7, 11) is 0. The number of hydrogen-bond donors (Lipinski definition) is 1.